The monoisotopic (exact) mass is 251 g/mol. The first-order chi connectivity index (χ1) is 8.56. The summed E-state index contributed by atoms with van der Waals surface area (Å²) in [5.74, 6) is -2.12. The van der Waals surface area contributed by atoms with Gasteiger partial charge in [0.05, 0.1) is 24.0 Å². The highest BCUT2D eigenvalue weighted by Crippen LogP contribution is 2.48. The molecule has 0 saturated heterocycles. The Bertz CT molecular complexity index is 427. The van der Waals surface area contributed by atoms with E-state index in [1.807, 2.05) is 12.2 Å². The van der Waals surface area contributed by atoms with Crippen LogP contribution in [-0.4, -0.2) is 34.2 Å². The average Bonchev–Trinajstić information content (AvgIpc) is 2.83. The number of fused-ring (bicyclic) bond motifs is 2. The zero-order valence-electron chi connectivity index (χ0n) is 10.0. The SMILES string of the molecule is O=C(O)C1C2C=CC(C2)C1C(=O)NC1(CO)CC1. The highest BCUT2D eigenvalue weighted by Gasteiger charge is 2.54. The Morgan fingerprint density at radius 3 is 2.33 bits per heavy atom. The summed E-state index contributed by atoms with van der Waals surface area (Å²) in [6, 6.07) is 0. The first kappa shape index (κ1) is 11.7. The summed E-state index contributed by atoms with van der Waals surface area (Å²) in [7, 11) is 0. The fourth-order valence-corrected chi connectivity index (χ4v) is 3.33. The van der Waals surface area contributed by atoms with Gasteiger partial charge in [0.15, 0.2) is 0 Å². The normalized spacial score (nSPS) is 38.7. The molecule has 3 rings (SSSR count). The average molecular weight is 251 g/mol. The van der Waals surface area contributed by atoms with E-state index in [2.05, 4.69) is 5.32 Å². The van der Waals surface area contributed by atoms with Gasteiger partial charge >= 0.3 is 5.97 Å². The number of aliphatic hydroxyl groups is 1. The number of carbonyl (C=O) groups is 2. The molecule has 3 aliphatic carbocycles. The van der Waals surface area contributed by atoms with Gasteiger partial charge in [-0.25, -0.2) is 0 Å². The van der Waals surface area contributed by atoms with Crippen molar-refractivity contribution in [1.29, 1.82) is 0 Å². The minimum Gasteiger partial charge on any atom is -0.481 e. The molecule has 2 bridgehead atoms. The highest BCUT2D eigenvalue weighted by atomic mass is 16.4. The van der Waals surface area contributed by atoms with Crippen LogP contribution in [0.25, 0.3) is 0 Å². The molecule has 98 valence electrons. The van der Waals surface area contributed by atoms with Gasteiger partial charge in [0, 0.05) is 0 Å². The van der Waals surface area contributed by atoms with Crippen LogP contribution in [0.4, 0.5) is 0 Å². The number of rotatable bonds is 4. The van der Waals surface area contributed by atoms with Gasteiger partial charge in [0.2, 0.25) is 5.91 Å². The van der Waals surface area contributed by atoms with E-state index < -0.39 is 23.3 Å². The molecule has 5 heteroatoms. The molecular formula is C13H17NO4. The maximum absolute atomic E-state index is 12.2. The molecule has 1 amide bonds. The number of amides is 1. The maximum Gasteiger partial charge on any atom is 0.307 e. The molecular weight excluding hydrogens is 234 g/mol. The van der Waals surface area contributed by atoms with Crippen molar-refractivity contribution in [3.05, 3.63) is 12.2 Å². The van der Waals surface area contributed by atoms with E-state index in [1.165, 1.54) is 0 Å². The largest absolute Gasteiger partial charge is 0.481 e. The lowest BCUT2D eigenvalue weighted by molar-refractivity contribution is -0.148. The predicted molar refractivity (Wildman–Crippen MR) is 62.5 cm³/mol. The second-order valence-electron chi connectivity index (χ2n) is 5.77. The van der Waals surface area contributed by atoms with Crippen LogP contribution in [0.15, 0.2) is 12.2 Å². The second-order valence-corrected chi connectivity index (χ2v) is 5.77. The Morgan fingerprint density at radius 2 is 1.83 bits per heavy atom. The molecule has 0 aromatic heterocycles. The molecule has 0 aromatic rings. The molecule has 3 N–H and O–H groups in total. The van der Waals surface area contributed by atoms with E-state index in [0.29, 0.717) is 0 Å². The number of aliphatic carboxylic acids is 1. The summed E-state index contributed by atoms with van der Waals surface area (Å²) in [4.78, 5) is 23.5. The van der Waals surface area contributed by atoms with Crippen molar-refractivity contribution >= 4 is 11.9 Å². The number of nitrogens with one attached hydrogen (secondary N) is 1. The number of aliphatic hydroxyl groups excluding tert-OH is 1. The third-order valence-electron chi connectivity index (χ3n) is 4.59. The highest BCUT2D eigenvalue weighted by molar-refractivity contribution is 5.87. The van der Waals surface area contributed by atoms with Gasteiger partial charge in [-0.1, -0.05) is 12.2 Å². The Hall–Kier alpha value is -1.36. The van der Waals surface area contributed by atoms with E-state index in [0.717, 1.165) is 19.3 Å². The van der Waals surface area contributed by atoms with Gasteiger partial charge in [-0.15, -0.1) is 0 Å². The molecule has 2 saturated carbocycles. The summed E-state index contributed by atoms with van der Waals surface area (Å²) in [6.45, 7) is -0.0624. The number of hydrogen-bond acceptors (Lipinski definition) is 3. The zero-order chi connectivity index (χ0) is 12.9. The smallest absolute Gasteiger partial charge is 0.307 e. The topological polar surface area (TPSA) is 86.6 Å². The minimum atomic E-state index is -0.888. The van der Waals surface area contributed by atoms with Crippen LogP contribution in [0.3, 0.4) is 0 Å². The number of carboxylic acid groups (broad SMARTS) is 1. The number of allylic oxidation sites excluding steroid dienone is 2. The summed E-state index contributed by atoms with van der Waals surface area (Å²) < 4.78 is 0. The Balaban J connectivity index is 1.76. The summed E-state index contributed by atoms with van der Waals surface area (Å²) in [6.07, 6.45) is 6.22. The van der Waals surface area contributed by atoms with Crippen LogP contribution < -0.4 is 5.32 Å². The second kappa shape index (κ2) is 3.82. The van der Waals surface area contributed by atoms with E-state index >= 15 is 0 Å². The molecule has 3 aliphatic rings. The maximum atomic E-state index is 12.2. The van der Waals surface area contributed by atoms with Gasteiger partial charge in [-0.3, -0.25) is 9.59 Å². The molecule has 0 aliphatic heterocycles. The van der Waals surface area contributed by atoms with Crippen LogP contribution in [-0.2, 0) is 9.59 Å². The third-order valence-corrected chi connectivity index (χ3v) is 4.59. The molecule has 4 unspecified atom stereocenters. The fraction of sp³-hybridized carbons (Fsp3) is 0.692. The van der Waals surface area contributed by atoms with Crippen LogP contribution in [0.5, 0.6) is 0 Å². The van der Waals surface area contributed by atoms with Crippen molar-refractivity contribution in [2.45, 2.75) is 24.8 Å². The molecule has 18 heavy (non-hydrogen) atoms. The third kappa shape index (κ3) is 1.65. The summed E-state index contributed by atoms with van der Waals surface area (Å²) >= 11 is 0. The van der Waals surface area contributed by atoms with E-state index in [-0.39, 0.29) is 24.3 Å². The predicted octanol–water partition coefficient (Wildman–Crippen LogP) is 0.150. The Kier molecular flexibility index (Phi) is 2.48. The Labute approximate surface area is 105 Å². The summed E-state index contributed by atoms with van der Waals surface area (Å²) in [5, 5.41) is 21.3. The van der Waals surface area contributed by atoms with Crippen LogP contribution in [0.2, 0.25) is 0 Å². The van der Waals surface area contributed by atoms with E-state index in [4.69, 9.17) is 0 Å². The van der Waals surface area contributed by atoms with Gasteiger partial charge in [-0.2, -0.15) is 0 Å². The van der Waals surface area contributed by atoms with Crippen molar-refractivity contribution in [3.8, 4) is 0 Å². The fourth-order valence-electron chi connectivity index (χ4n) is 3.33. The van der Waals surface area contributed by atoms with E-state index in [9.17, 15) is 19.8 Å². The lowest BCUT2D eigenvalue weighted by Gasteiger charge is -2.26. The number of hydrogen-bond donors (Lipinski definition) is 3. The van der Waals surface area contributed by atoms with Gasteiger partial charge < -0.3 is 15.5 Å². The lowest BCUT2D eigenvalue weighted by Crippen LogP contribution is -2.47. The van der Waals surface area contributed by atoms with Crippen molar-refractivity contribution in [2.24, 2.45) is 23.7 Å². The van der Waals surface area contributed by atoms with Crippen molar-refractivity contribution < 1.29 is 19.8 Å². The Morgan fingerprint density at radius 1 is 1.22 bits per heavy atom. The van der Waals surface area contributed by atoms with Crippen LogP contribution in [0, 0.1) is 23.7 Å². The molecule has 4 atom stereocenters. The van der Waals surface area contributed by atoms with Crippen molar-refractivity contribution in [1.82, 2.24) is 5.32 Å². The lowest BCUT2D eigenvalue weighted by atomic mass is 9.82. The molecule has 0 spiro atoms. The molecule has 0 radical (unpaired) electrons. The zero-order valence-corrected chi connectivity index (χ0v) is 10.0. The van der Waals surface area contributed by atoms with E-state index in [1.54, 1.807) is 0 Å². The number of carboxylic acids is 1. The van der Waals surface area contributed by atoms with Crippen molar-refractivity contribution in [2.75, 3.05) is 6.61 Å². The molecule has 0 aromatic carbocycles. The quantitative estimate of drug-likeness (QED) is 0.621. The van der Waals surface area contributed by atoms with Crippen LogP contribution >= 0.6 is 0 Å². The van der Waals surface area contributed by atoms with Crippen LogP contribution in [0.1, 0.15) is 19.3 Å². The van der Waals surface area contributed by atoms with Gasteiger partial charge in [0.25, 0.3) is 0 Å². The summed E-state index contributed by atoms with van der Waals surface area (Å²) in [5.41, 5.74) is -0.467. The first-order valence-corrected chi connectivity index (χ1v) is 6.40. The molecule has 5 nitrogen and oxygen atoms in total. The molecule has 2 fully saturated rings. The standard InChI is InChI=1S/C13H17NO4/c15-6-13(3-4-13)14-11(16)9-7-1-2-8(5-7)10(9)12(17)18/h1-2,7-10,15H,3-6H2,(H,14,16)(H,17,18). The van der Waals surface area contributed by atoms with Gasteiger partial charge in [0.1, 0.15) is 0 Å². The first-order valence-electron chi connectivity index (χ1n) is 6.40. The van der Waals surface area contributed by atoms with Crippen molar-refractivity contribution in [3.63, 3.8) is 0 Å². The van der Waals surface area contributed by atoms with Gasteiger partial charge in [-0.05, 0) is 31.1 Å². The molecule has 0 heterocycles. The minimum absolute atomic E-state index is 0.00692. The number of carbonyl (C=O) groups excluding carboxylic acids is 1.